The molecule has 96 valence electrons. The SMILES string of the molecule is CCC(C)(C)NCCN1C[C@@H](C)O[C@@H](C)C1. The van der Waals surface area contributed by atoms with Crippen molar-refractivity contribution in [2.45, 2.75) is 58.8 Å². The molecular formula is C13H28N2O. The monoisotopic (exact) mass is 228 g/mol. The molecule has 1 aliphatic heterocycles. The van der Waals surface area contributed by atoms with Gasteiger partial charge in [-0.25, -0.2) is 0 Å². The predicted molar refractivity (Wildman–Crippen MR) is 68.8 cm³/mol. The minimum atomic E-state index is 0.267. The molecule has 0 bridgehead atoms. The molecule has 3 heteroatoms. The highest BCUT2D eigenvalue weighted by Crippen LogP contribution is 2.10. The minimum absolute atomic E-state index is 0.267. The molecular weight excluding hydrogens is 200 g/mol. The molecule has 0 radical (unpaired) electrons. The van der Waals surface area contributed by atoms with Crippen LogP contribution >= 0.6 is 0 Å². The molecule has 0 aromatic carbocycles. The summed E-state index contributed by atoms with van der Waals surface area (Å²) in [7, 11) is 0. The summed E-state index contributed by atoms with van der Waals surface area (Å²) in [6.45, 7) is 15.4. The van der Waals surface area contributed by atoms with E-state index in [-0.39, 0.29) is 5.54 Å². The van der Waals surface area contributed by atoms with Gasteiger partial charge in [0, 0.05) is 31.7 Å². The maximum atomic E-state index is 5.72. The first-order valence-electron chi connectivity index (χ1n) is 6.56. The van der Waals surface area contributed by atoms with Gasteiger partial charge in [-0.1, -0.05) is 6.92 Å². The maximum absolute atomic E-state index is 5.72. The lowest BCUT2D eigenvalue weighted by Gasteiger charge is -2.36. The second-order valence-electron chi connectivity index (χ2n) is 5.68. The van der Waals surface area contributed by atoms with Crippen molar-refractivity contribution < 1.29 is 4.74 Å². The van der Waals surface area contributed by atoms with Crippen molar-refractivity contribution in [1.82, 2.24) is 10.2 Å². The molecule has 1 rings (SSSR count). The molecule has 1 heterocycles. The zero-order valence-electron chi connectivity index (χ0n) is 11.5. The van der Waals surface area contributed by atoms with E-state index in [4.69, 9.17) is 4.74 Å². The van der Waals surface area contributed by atoms with Crippen LogP contribution in [0.25, 0.3) is 0 Å². The first-order valence-corrected chi connectivity index (χ1v) is 6.56. The number of hydrogen-bond acceptors (Lipinski definition) is 3. The lowest BCUT2D eigenvalue weighted by atomic mass is 10.0. The van der Waals surface area contributed by atoms with Crippen LogP contribution in [0.5, 0.6) is 0 Å². The average molecular weight is 228 g/mol. The summed E-state index contributed by atoms with van der Waals surface area (Å²) in [6, 6.07) is 0. The van der Waals surface area contributed by atoms with E-state index in [1.54, 1.807) is 0 Å². The van der Waals surface area contributed by atoms with Crippen LogP contribution in [-0.2, 0) is 4.74 Å². The van der Waals surface area contributed by atoms with Gasteiger partial charge in [-0.05, 0) is 34.1 Å². The molecule has 1 N–H and O–H groups in total. The second kappa shape index (κ2) is 5.99. The molecule has 0 saturated carbocycles. The molecule has 1 fully saturated rings. The summed E-state index contributed by atoms with van der Waals surface area (Å²) in [5.41, 5.74) is 0.267. The van der Waals surface area contributed by atoms with Gasteiger partial charge >= 0.3 is 0 Å². The van der Waals surface area contributed by atoms with E-state index in [0.29, 0.717) is 12.2 Å². The zero-order valence-corrected chi connectivity index (χ0v) is 11.5. The van der Waals surface area contributed by atoms with Crippen molar-refractivity contribution in [2.24, 2.45) is 0 Å². The van der Waals surface area contributed by atoms with E-state index in [1.807, 2.05) is 0 Å². The number of nitrogens with one attached hydrogen (secondary N) is 1. The van der Waals surface area contributed by atoms with Gasteiger partial charge in [0.25, 0.3) is 0 Å². The largest absolute Gasteiger partial charge is 0.373 e. The third-order valence-corrected chi connectivity index (χ3v) is 3.41. The van der Waals surface area contributed by atoms with Crippen LogP contribution < -0.4 is 5.32 Å². The Morgan fingerprint density at radius 3 is 2.31 bits per heavy atom. The van der Waals surface area contributed by atoms with Crippen molar-refractivity contribution in [3.05, 3.63) is 0 Å². The molecule has 2 atom stereocenters. The molecule has 1 aliphatic rings. The quantitative estimate of drug-likeness (QED) is 0.777. The van der Waals surface area contributed by atoms with E-state index in [1.165, 1.54) is 6.42 Å². The Kier molecular flexibility index (Phi) is 5.22. The maximum Gasteiger partial charge on any atom is 0.0678 e. The zero-order chi connectivity index (χ0) is 12.2. The Balaban J connectivity index is 2.22. The van der Waals surface area contributed by atoms with Crippen LogP contribution in [0.2, 0.25) is 0 Å². The Labute approximate surface area is 101 Å². The lowest BCUT2D eigenvalue weighted by molar-refractivity contribution is -0.0676. The molecule has 0 aromatic heterocycles. The first kappa shape index (κ1) is 13.9. The van der Waals surface area contributed by atoms with E-state index >= 15 is 0 Å². The highest BCUT2D eigenvalue weighted by atomic mass is 16.5. The van der Waals surface area contributed by atoms with Crippen LogP contribution in [0.4, 0.5) is 0 Å². The fraction of sp³-hybridized carbons (Fsp3) is 1.00. The summed E-state index contributed by atoms with van der Waals surface area (Å²) < 4.78 is 5.72. The molecule has 3 nitrogen and oxygen atoms in total. The molecule has 0 aromatic rings. The van der Waals surface area contributed by atoms with Crippen molar-refractivity contribution in [3.8, 4) is 0 Å². The predicted octanol–water partition coefficient (Wildman–Crippen LogP) is 1.87. The van der Waals surface area contributed by atoms with Crippen LogP contribution in [0.15, 0.2) is 0 Å². The fourth-order valence-corrected chi connectivity index (χ4v) is 2.14. The Bertz CT molecular complexity index is 196. The normalized spacial score (nSPS) is 28.3. The van der Waals surface area contributed by atoms with Gasteiger partial charge in [-0.15, -0.1) is 0 Å². The second-order valence-corrected chi connectivity index (χ2v) is 5.68. The Morgan fingerprint density at radius 2 is 1.81 bits per heavy atom. The minimum Gasteiger partial charge on any atom is -0.373 e. The van der Waals surface area contributed by atoms with Gasteiger partial charge in [0.05, 0.1) is 12.2 Å². The van der Waals surface area contributed by atoms with E-state index in [2.05, 4.69) is 44.8 Å². The Morgan fingerprint density at radius 1 is 1.25 bits per heavy atom. The third kappa shape index (κ3) is 4.81. The Hall–Kier alpha value is -0.120. The topological polar surface area (TPSA) is 24.5 Å². The number of ether oxygens (including phenoxy) is 1. The first-order chi connectivity index (χ1) is 7.43. The van der Waals surface area contributed by atoms with E-state index in [9.17, 15) is 0 Å². The van der Waals surface area contributed by atoms with Gasteiger partial charge in [0.15, 0.2) is 0 Å². The number of morpholine rings is 1. The fourth-order valence-electron chi connectivity index (χ4n) is 2.14. The lowest BCUT2D eigenvalue weighted by Crippen LogP contribution is -2.49. The standard InChI is InChI=1S/C13H28N2O/c1-6-13(4,5)14-7-8-15-9-11(2)16-12(3)10-15/h11-12,14H,6-10H2,1-5H3/t11-,12+. The summed E-state index contributed by atoms with van der Waals surface area (Å²) in [5.74, 6) is 0. The molecule has 0 amide bonds. The molecule has 16 heavy (non-hydrogen) atoms. The summed E-state index contributed by atoms with van der Waals surface area (Å²) >= 11 is 0. The highest BCUT2D eigenvalue weighted by Gasteiger charge is 2.22. The van der Waals surface area contributed by atoms with Gasteiger partial charge in [0.2, 0.25) is 0 Å². The van der Waals surface area contributed by atoms with E-state index in [0.717, 1.165) is 26.2 Å². The summed E-state index contributed by atoms with van der Waals surface area (Å²) in [5, 5.41) is 3.60. The number of rotatable bonds is 5. The van der Waals surface area contributed by atoms with Crippen molar-refractivity contribution in [3.63, 3.8) is 0 Å². The number of hydrogen-bond donors (Lipinski definition) is 1. The van der Waals surface area contributed by atoms with Gasteiger partial charge in [-0.3, -0.25) is 4.90 Å². The van der Waals surface area contributed by atoms with Gasteiger partial charge < -0.3 is 10.1 Å². The third-order valence-electron chi connectivity index (χ3n) is 3.41. The number of nitrogens with zero attached hydrogens (tertiary/aromatic N) is 1. The summed E-state index contributed by atoms with van der Waals surface area (Å²) in [6.07, 6.45) is 1.92. The van der Waals surface area contributed by atoms with Gasteiger partial charge in [-0.2, -0.15) is 0 Å². The summed E-state index contributed by atoms with van der Waals surface area (Å²) in [4.78, 5) is 2.50. The smallest absolute Gasteiger partial charge is 0.0678 e. The van der Waals surface area contributed by atoms with Crippen LogP contribution in [0, 0.1) is 0 Å². The van der Waals surface area contributed by atoms with Crippen LogP contribution in [0.1, 0.15) is 41.0 Å². The van der Waals surface area contributed by atoms with Crippen molar-refractivity contribution in [1.29, 1.82) is 0 Å². The average Bonchev–Trinajstić information content (AvgIpc) is 2.16. The van der Waals surface area contributed by atoms with Crippen molar-refractivity contribution in [2.75, 3.05) is 26.2 Å². The van der Waals surface area contributed by atoms with Gasteiger partial charge in [0.1, 0.15) is 0 Å². The highest BCUT2D eigenvalue weighted by molar-refractivity contribution is 4.78. The molecule has 0 spiro atoms. The van der Waals surface area contributed by atoms with Crippen LogP contribution in [-0.4, -0.2) is 48.8 Å². The van der Waals surface area contributed by atoms with E-state index < -0.39 is 0 Å². The van der Waals surface area contributed by atoms with Crippen molar-refractivity contribution >= 4 is 0 Å². The molecule has 0 unspecified atom stereocenters. The molecule has 0 aliphatic carbocycles. The molecule has 1 saturated heterocycles. The van der Waals surface area contributed by atoms with Crippen LogP contribution in [0.3, 0.4) is 0 Å².